The molecule has 0 radical (unpaired) electrons. The molecule has 35 heavy (non-hydrogen) atoms. The number of halogens is 1. The Morgan fingerprint density at radius 1 is 0.943 bits per heavy atom. The summed E-state index contributed by atoms with van der Waals surface area (Å²) in [7, 11) is 0. The molecular weight excluding hydrogens is 437 g/mol. The molecule has 0 spiro atoms. The number of likely N-dealkylation sites (tertiary alicyclic amines) is 1. The van der Waals surface area contributed by atoms with Gasteiger partial charge in [0.25, 0.3) is 0 Å². The second-order valence-corrected chi connectivity index (χ2v) is 13.7. The highest BCUT2D eigenvalue weighted by Gasteiger charge is 2.36. The van der Waals surface area contributed by atoms with Crippen molar-refractivity contribution in [1.82, 2.24) is 4.90 Å². The molecule has 0 bridgehead atoms. The van der Waals surface area contributed by atoms with Gasteiger partial charge in [0.05, 0.1) is 13.2 Å². The van der Waals surface area contributed by atoms with Crippen LogP contribution < -0.4 is 0 Å². The van der Waals surface area contributed by atoms with E-state index in [1.165, 1.54) is 6.08 Å². The van der Waals surface area contributed by atoms with E-state index in [-0.39, 0.29) is 11.8 Å². The van der Waals surface area contributed by atoms with Gasteiger partial charge in [-0.25, -0.2) is 4.39 Å². The number of carbonyl (C=O) groups excluding carboxylic acids is 1. The van der Waals surface area contributed by atoms with Crippen molar-refractivity contribution in [2.24, 2.45) is 40.4 Å². The van der Waals surface area contributed by atoms with Gasteiger partial charge in [0.15, 0.2) is 0 Å². The average Bonchev–Trinajstić information content (AvgIpc) is 2.71. The molecule has 0 aromatic heterocycles. The molecule has 2 saturated heterocycles. The highest BCUT2D eigenvalue weighted by Crippen LogP contribution is 2.34. The van der Waals surface area contributed by atoms with E-state index < -0.39 is 5.67 Å². The molecule has 4 heteroatoms. The minimum atomic E-state index is -1.00. The number of amides is 1. The largest absolute Gasteiger partial charge is 0.380 e. The molecule has 3 nitrogen and oxygen atoms in total. The average molecular weight is 500 g/mol. The Bertz CT molecular complexity index is 552. The third-order valence-corrected chi connectivity index (χ3v) is 8.33. The summed E-state index contributed by atoms with van der Waals surface area (Å²) in [5, 5.41) is 0. The summed E-state index contributed by atoms with van der Waals surface area (Å²) >= 11 is 0. The van der Waals surface area contributed by atoms with E-state index in [0.29, 0.717) is 10.8 Å². The number of ether oxygens (including phenoxy) is 1. The predicted octanol–water partition coefficient (Wildman–Crippen LogP) is 8.82. The van der Waals surface area contributed by atoms with E-state index >= 15 is 0 Å². The Kier molecular flexibility index (Phi) is 16.6. The van der Waals surface area contributed by atoms with E-state index in [9.17, 15) is 9.18 Å². The fraction of sp³-hybridized carbons (Fsp3) is 0.903. The molecule has 2 aliphatic heterocycles. The summed E-state index contributed by atoms with van der Waals surface area (Å²) in [6.07, 6.45) is 3.71. The first-order chi connectivity index (χ1) is 15.7. The summed E-state index contributed by atoms with van der Waals surface area (Å²) in [6, 6.07) is 0. The molecule has 2 heterocycles. The SMILES string of the molecule is C=CC(=O)N1CCC(C(C)C)CC1.CC(C)C(C)(C)C.CC(C)C(C)(C)F.CC(C)C1(C)COC1. The van der Waals surface area contributed by atoms with Gasteiger partial charge in [-0.2, -0.15) is 0 Å². The molecular formula is C31H62FNO2. The first-order valence-electron chi connectivity index (χ1n) is 13.9. The van der Waals surface area contributed by atoms with Crippen LogP contribution in [0.5, 0.6) is 0 Å². The van der Waals surface area contributed by atoms with Gasteiger partial charge in [0.1, 0.15) is 5.67 Å². The number of alkyl halides is 1. The van der Waals surface area contributed by atoms with E-state index in [4.69, 9.17) is 4.74 Å². The maximum absolute atomic E-state index is 12.5. The second kappa shape index (κ2) is 16.0. The van der Waals surface area contributed by atoms with Gasteiger partial charge in [-0.3, -0.25) is 4.79 Å². The molecule has 0 unspecified atom stereocenters. The Morgan fingerprint density at radius 3 is 1.46 bits per heavy atom. The minimum Gasteiger partial charge on any atom is -0.380 e. The Morgan fingerprint density at radius 2 is 1.31 bits per heavy atom. The molecule has 0 aromatic rings. The first-order valence-corrected chi connectivity index (χ1v) is 13.9. The summed E-state index contributed by atoms with van der Waals surface area (Å²) < 4.78 is 17.6. The fourth-order valence-electron chi connectivity index (χ4n) is 2.67. The maximum Gasteiger partial charge on any atom is 0.245 e. The van der Waals surface area contributed by atoms with Crippen LogP contribution in [0, 0.1) is 40.4 Å². The lowest BCUT2D eigenvalue weighted by Gasteiger charge is -2.41. The smallest absolute Gasteiger partial charge is 0.245 e. The first kappa shape index (κ1) is 36.3. The van der Waals surface area contributed by atoms with E-state index in [0.717, 1.165) is 62.8 Å². The van der Waals surface area contributed by atoms with Crippen LogP contribution in [-0.4, -0.2) is 42.8 Å². The number of rotatable bonds is 4. The van der Waals surface area contributed by atoms with Crippen molar-refractivity contribution in [1.29, 1.82) is 0 Å². The third-order valence-electron chi connectivity index (χ3n) is 8.33. The molecule has 2 aliphatic rings. The van der Waals surface area contributed by atoms with Crippen LogP contribution in [0.1, 0.15) is 110 Å². The van der Waals surface area contributed by atoms with Crippen LogP contribution in [0.2, 0.25) is 0 Å². The van der Waals surface area contributed by atoms with Crippen molar-refractivity contribution in [2.45, 2.75) is 115 Å². The van der Waals surface area contributed by atoms with Gasteiger partial charge >= 0.3 is 0 Å². The highest BCUT2D eigenvalue weighted by atomic mass is 19.1. The molecule has 2 fully saturated rings. The highest BCUT2D eigenvalue weighted by molar-refractivity contribution is 5.87. The maximum atomic E-state index is 12.5. The van der Waals surface area contributed by atoms with E-state index in [2.05, 4.69) is 75.8 Å². The lowest BCUT2D eigenvalue weighted by atomic mass is 9.78. The van der Waals surface area contributed by atoms with Crippen LogP contribution in [0.4, 0.5) is 4.39 Å². The van der Waals surface area contributed by atoms with Crippen LogP contribution in [-0.2, 0) is 9.53 Å². The zero-order valence-electron chi connectivity index (χ0n) is 26.1. The predicted molar refractivity (Wildman–Crippen MR) is 152 cm³/mol. The van der Waals surface area contributed by atoms with Crippen molar-refractivity contribution in [3.8, 4) is 0 Å². The molecule has 0 saturated carbocycles. The van der Waals surface area contributed by atoms with Crippen molar-refractivity contribution in [3.63, 3.8) is 0 Å². The normalized spacial score (nSPS) is 18.1. The van der Waals surface area contributed by atoms with Gasteiger partial charge in [-0.05, 0) is 67.8 Å². The van der Waals surface area contributed by atoms with Crippen LogP contribution in [0.3, 0.4) is 0 Å². The molecule has 0 atom stereocenters. The van der Waals surface area contributed by atoms with Crippen LogP contribution in [0.15, 0.2) is 12.7 Å². The Hall–Kier alpha value is -0.900. The van der Waals surface area contributed by atoms with Gasteiger partial charge in [-0.15, -0.1) is 0 Å². The van der Waals surface area contributed by atoms with Gasteiger partial charge in [0.2, 0.25) is 5.91 Å². The molecule has 1 amide bonds. The molecule has 0 N–H and O–H groups in total. The van der Waals surface area contributed by atoms with Gasteiger partial charge < -0.3 is 9.64 Å². The number of nitrogens with zero attached hydrogens (tertiary/aromatic N) is 1. The van der Waals surface area contributed by atoms with Crippen LogP contribution in [0.25, 0.3) is 0 Å². The monoisotopic (exact) mass is 499 g/mol. The van der Waals surface area contributed by atoms with Gasteiger partial charge in [-0.1, -0.05) is 89.7 Å². The van der Waals surface area contributed by atoms with Crippen molar-refractivity contribution >= 4 is 5.91 Å². The standard InChI is InChI=1S/C11H19NO.C7H14O.C7H16.C6H13F/c1-4-11(13)12-7-5-10(6-8-12)9(2)3;1-6(2)7(3)4-8-5-7;1-6(2)7(3,4)5;1-5(2)6(3,4)7/h4,9-10H,1,5-8H2,2-3H3;6H,4-5H2,1-3H3;6H,1-5H3;5H,1-4H3. The fourth-order valence-corrected chi connectivity index (χ4v) is 2.67. The summed E-state index contributed by atoms with van der Waals surface area (Å²) in [5.74, 6) is 3.34. The Balaban J connectivity index is 0. The van der Waals surface area contributed by atoms with Crippen molar-refractivity contribution in [3.05, 3.63) is 12.7 Å². The van der Waals surface area contributed by atoms with Gasteiger partial charge in [0, 0.05) is 18.5 Å². The topological polar surface area (TPSA) is 29.5 Å². The zero-order valence-corrected chi connectivity index (χ0v) is 26.1. The lowest BCUT2D eigenvalue weighted by Crippen LogP contribution is -2.43. The van der Waals surface area contributed by atoms with Crippen molar-refractivity contribution < 1.29 is 13.9 Å². The van der Waals surface area contributed by atoms with Crippen LogP contribution >= 0.6 is 0 Å². The second-order valence-electron chi connectivity index (χ2n) is 13.7. The molecule has 210 valence electrons. The summed E-state index contributed by atoms with van der Waals surface area (Å²) in [6.45, 7) is 36.8. The van der Waals surface area contributed by atoms with Crippen molar-refractivity contribution in [2.75, 3.05) is 26.3 Å². The molecule has 0 aliphatic carbocycles. The summed E-state index contributed by atoms with van der Waals surface area (Å²) in [5.41, 5.74) is 0. The molecule has 0 aromatic carbocycles. The Labute approximate surface area is 219 Å². The molecule has 2 rings (SSSR count). The number of hydrogen-bond acceptors (Lipinski definition) is 2. The van der Waals surface area contributed by atoms with E-state index in [1.54, 1.807) is 13.8 Å². The number of hydrogen-bond donors (Lipinski definition) is 0. The number of piperidine rings is 1. The third kappa shape index (κ3) is 15.7. The minimum absolute atomic E-state index is 0.0854. The summed E-state index contributed by atoms with van der Waals surface area (Å²) in [4.78, 5) is 13.1. The van der Waals surface area contributed by atoms with E-state index in [1.807, 2.05) is 18.7 Å². The zero-order chi connectivity index (χ0) is 28.2. The number of carbonyl (C=O) groups is 1. The lowest BCUT2D eigenvalue weighted by molar-refractivity contribution is -0.127. The quantitative estimate of drug-likeness (QED) is 0.362.